The first-order valence-corrected chi connectivity index (χ1v) is 8.67. The Bertz CT molecular complexity index is 459. The summed E-state index contributed by atoms with van der Waals surface area (Å²) in [5.74, 6) is 0.689. The Kier molecular flexibility index (Phi) is 6.08. The van der Waals surface area contributed by atoms with Gasteiger partial charge in [-0.25, -0.2) is 0 Å². The van der Waals surface area contributed by atoms with Crippen molar-refractivity contribution in [1.82, 2.24) is 10.2 Å². The van der Waals surface area contributed by atoms with Gasteiger partial charge in [0.25, 0.3) is 0 Å². The maximum atomic E-state index is 3.62. The van der Waals surface area contributed by atoms with E-state index >= 15 is 0 Å². The maximum Gasteiger partial charge on any atom is 0.0423 e. The zero-order chi connectivity index (χ0) is 15.4. The van der Waals surface area contributed by atoms with E-state index in [0.29, 0.717) is 12.0 Å². The van der Waals surface area contributed by atoms with E-state index in [9.17, 15) is 0 Å². The summed E-state index contributed by atoms with van der Waals surface area (Å²) < 4.78 is 1.17. The van der Waals surface area contributed by atoms with Gasteiger partial charge in [0.15, 0.2) is 0 Å². The molecule has 1 heterocycles. The van der Waals surface area contributed by atoms with E-state index in [2.05, 4.69) is 77.2 Å². The van der Waals surface area contributed by atoms with Crippen molar-refractivity contribution in [2.75, 3.05) is 38.6 Å². The number of rotatable bonds is 6. The third-order valence-electron chi connectivity index (χ3n) is 4.15. The Morgan fingerprint density at radius 3 is 2.76 bits per heavy atom. The van der Waals surface area contributed by atoms with Crippen LogP contribution in [-0.2, 0) is 6.54 Å². The second-order valence-electron chi connectivity index (χ2n) is 6.65. The molecule has 0 saturated carbocycles. The fourth-order valence-corrected chi connectivity index (χ4v) is 3.21. The van der Waals surface area contributed by atoms with Crippen molar-refractivity contribution < 1.29 is 0 Å². The monoisotopic (exact) mass is 353 g/mol. The zero-order valence-corrected chi connectivity index (χ0v) is 15.3. The van der Waals surface area contributed by atoms with E-state index in [4.69, 9.17) is 0 Å². The molecular formula is C17H28BrN3. The van der Waals surface area contributed by atoms with Crippen LogP contribution in [0, 0.1) is 5.92 Å². The van der Waals surface area contributed by atoms with Crippen LogP contribution in [0.1, 0.15) is 25.8 Å². The van der Waals surface area contributed by atoms with Crippen molar-refractivity contribution in [3.63, 3.8) is 0 Å². The third kappa shape index (κ3) is 4.70. The molecule has 3 nitrogen and oxygen atoms in total. The Labute approximate surface area is 137 Å². The number of benzene rings is 1. The van der Waals surface area contributed by atoms with E-state index in [1.165, 1.54) is 22.1 Å². The van der Waals surface area contributed by atoms with Gasteiger partial charge in [0.2, 0.25) is 0 Å². The third-order valence-corrected chi connectivity index (χ3v) is 4.64. The van der Waals surface area contributed by atoms with Gasteiger partial charge in [0, 0.05) is 35.8 Å². The van der Waals surface area contributed by atoms with Crippen molar-refractivity contribution in [3.8, 4) is 0 Å². The van der Waals surface area contributed by atoms with Gasteiger partial charge in [-0.3, -0.25) is 0 Å². The van der Waals surface area contributed by atoms with Crippen LogP contribution < -0.4 is 10.2 Å². The van der Waals surface area contributed by atoms with Gasteiger partial charge in [0.1, 0.15) is 0 Å². The molecule has 0 spiro atoms. The predicted octanol–water partition coefficient (Wildman–Crippen LogP) is 3.34. The molecule has 1 atom stereocenters. The second-order valence-corrected chi connectivity index (χ2v) is 7.57. The van der Waals surface area contributed by atoms with Crippen LogP contribution in [-0.4, -0.2) is 44.7 Å². The molecule has 118 valence electrons. The maximum absolute atomic E-state index is 3.62. The molecule has 21 heavy (non-hydrogen) atoms. The van der Waals surface area contributed by atoms with E-state index in [1.807, 2.05) is 0 Å². The summed E-state index contributed by atoms with van der Waals surface area (Å²) in [5, 5.41) is 3.57. The van der Waals surface area contributed by atoms with Crippen molar-refractivity contribution in [2.45, 2.75) is 32.9 Å². The lowest BCUT2D eigenvalue weighted by Gasteiger charge is -2.24. The molecule has 1 N–H and O–H groups in total. The number of nitrogens with one attached hydrogen (secondary N) is 1. The van der Waals surface area contributed by atoms with Crippen LogP contribution in [0.3, 0.4) is 0 Å². The van der Waals surface area contributed by atoms with Gasteiger partial charge < -0.3 is 15.1 Å². The van der Waals surface area contributed by atoms with E-state index in [-0.39, 0.29) is 0 Å². The van der Waals surface area contributed by atoms with Gasteiger partial charge in [-0.15, -0.1) is 0 Å². The van der Waals surface area contributed by atoms with Crippen molar-refractivity contribution in [3.05, 3.63) is 28.2 Å². The number of likely N-dealkylation sites (N-methyl/N-ethyl adjacent to an activating group) is 1. The Balaban J connectivity index is 2.08. The number of hydrogen-bond donors (Lipinski definition) is 1. The minimum Gasteiger partial charge on any atom is -0.370 e. The lowest BCUT2D eigenvalue weighted by atomic mass is 10.1. The highest BCUT2D eigenvalue weighted by Crippen LogP contribution is 2.29. The molecule has 0 amide bonds. The Hall–Kier alpha value is -0.580. The summed E-state index contributed by atoms with van der Waals surface area (Å²) in [5.41, 5.74) is 2.78. The quantitative estimate of drug-likeness (QED) is 0.845. The molecule has 1 aliphatic heterocycles. The highest BCUT2D eigenvalue weighted by atomic mass is 79.9. The highest BCUT2D eigenvalue weighted by Gasteiger charge is 2.25. The molecule has 1 saturated heterocycles. The van der Waals surface area contributed by atoms with E-state index in [1.54, 1.807) is 0 Å². The number of halogens is 1. The van der Waals surface area contributed by atoms with Gasteiger partial charge in [0.05, 0.1) is 0 Å². The smallest absolute Gasteiger partial charge is 0.0423 e. The Morgan fingerprint density at radius 1 is 1.38 bits per heavy atom. The molecule has 1 aromatic carbocycles. The number of nitrogens with zero attached hydrogens (tertiary/aromatic N) is 2. The Morgan fingerprint density at radius 2 is 2.14 bits per heavy atom. The van der Waals surface area contributed by atoms with Gasteiger partial charge in [-0.05, 0) is 50.7 Å². The molecule has 0 bridgehead atoms. The minimum atomic E-state index is 0.667. The molecule has 4 heteroatoms. The molecule has 1 unspecified atom stereocenters. The van der Waals surface area contributed by atoms with Gasteiger partial charge >= 0.3 is 0 Å². The van der Waals surface area contributed by atoms with Crippen LogP contribution in [0.25, 0.3) is 0 Å². The lowest BCUT2D eigenvalue weighted by molar-refractivity contribution is 0.315. The molecule has 0 aliphatic carbocycles. The predicted molar refractivity (Wildman–Crippen MR) is 95.0 cm³/mol. The SMILES string of the molecule is CC(C)CNCc1ccc(Br)cc1N1CCC(N(C)C)C1. The second kappa shape index (κ2) is 7.61. The summed E-state index contributed by atoms with van der Waals surface area (Å²) in [4.78, 5) is 4.87. The van der Waals surface area contributed by atoms with E-state index in [0.717, 1.165) is 26.2 Å². The van der Waals surface area contributed by atoms with Crippen LogP contribution >= 0.6 is 15.9 Å². The molecule has 2 rings (SSSR count). The van der Waals surface area contributed by atoms with Gasteiger partial charge in [-0.1, -0.05) is 35.8 Å². The van der Waals surface area contributed by atoms with Crippen LogP contribution in [0.4, 0.5) is 5.69 Å². The lowest BCUT2D eigenvalue weighted by Crippen LogP contribution is -2.32. The standard InChI is InChI=1S/C17H28BrN3/c1-13(2)10-19-11-14-5-6-15(18)9-17(14)21-8-7-16(12-21)20(3)4/h5-6,9,13,16,19H,7-8,10-12H2,1-4H3. The molecular weight excluding hydrogens is 326 g/mol. The summed E-state index contributed by atoms with van der Waals surface area (Å²) in [7, 11) is 4.36. The minimum absolute atomic E-state index is 0.667. The summed E-state index contributed by atoms with van der Waals surface area (Å²) in [6, 6.07) is 7.33. The molecule has 1 aromatic rings. The normalized spacial score (nSPS) is 19.0. The summed E-state index contributed by atoms with van der Waals surface area (Å²) in [6.07, 6.45) is 1.25. The highest BCUT2D eigenvalue weighted by molar-refractivity contribution is 9.10. The first-order valence-electron chi connectivity index (χ1n) is 7.88. The van der Waals surface area contributed by atoms with Gasteiger partial charge in [-0.2, -0.15) is 0 Å². The fraction of sp³-hybridized carbons (Fsp3) is 0.647. The van der Waals surface area contributed by atoms with Crippen LogP contribution in [0.2, 0.25) is 0 Å². The van der Waals surface area contributed by atoms with Crippen molar-refractivity contribution in [2.24, 2.45) is 5.92 Å². The van der Waals surface area contributed by atoms with E-state index < -0.39 is 0 Å². The number of hydrogen-bond acceptors (Lipinski definition) is 3. The summed E-state index contributed by atoms with van der Waals surface area (Å²) in [6.45, 7) is 8.78. The summed E-state index contributed by atoms with van der Waals surface area (Å²) >= 11 is 3.62. The first kappa shape index (κ1) is 16.8. The molecule has 0 aromatic heterocycles. The molecule has 1 fully saturated rings. The van der Waals surface area contributed by atoms with Crippen molar-refractivity contribution >= 4 is 21.6 Å². The molecule has 0 radical (unpaired) electrons. The first-order chi connectivity index (χ1) is 9.97. The largest absolute Gasteiger partial charge is 0.370 e. The number of anilines is 1. The van der Waals surface area contributed by atoms with Crippen LogP contribution in [0.5, 0.6) is 0 Å². The average molecular weight is 354 g/mol. The topological polar surface area (TPSA) is 18.5 Å². The average Bonchev–Trinajstić information content (AvgIpc) is 2.89. The fourth-order valence-electron chi connectivity index (χ4n) is 2.86. The zero-order valence-electron chi connectivity index (χ0n) is 13.7. The van der Waals surface area contributed by atoms with Crippen molar-refractivity contribution in [1.29, 1.82) is 0 Å². The molecule has 1 aliphatic rings. The van der Waals surface area contributed by atoms with Crippen LogP contribution in [0.15, 0.2) is 22.7 Å².